The Morgan fingerprint density at radius 3 is 2.80 bits per heavy atom. The first-order valence-electron chi connectivity index (χ1n) is 7.04. The Kier molecular flexibility index (Phi) is 5.38. The normalized spacial score (nSPS) is 21.1. The standard InChI is InChI=1S/C16H21BrN2O/c1-12(18)14-3-2-10-19(11-14)16(20)9-6-13-4-7-15(17)8-5-13/h4-9,12,14H,2-3,10-11,18H2,1H3. The lowest BCUT2D eigenvalue weighted by molar-refractivity contribution is -0.127. The van der Waals surface area contributed by atoms with Crippen LogP contribution in [0.1, 0.15) is 25.3 Å². The van der Waals surface area contributed by atoms with E-state index >= 15 is 0 Å². The maximum Gasteiger partial charge on any atom is 0.246 e. The number of rotatable bonds is 3. The van der Waals surface area contributed by atoms with Gasteiger partial charge in [0.05, 0.1) is 0 Å². The Morgan fingerprint density at radius 1 is 1.45 bits per heavy atom. The van der Waals surface area contributed by atoms with Crippen molar-refractivity contribution in [2.75, 3.05) is 13.1 Å². The lowest BCUT2D eigenvalue weighted by Crippen LogP contribution is -2.44. The van der Waals surface area contributed by atoms with Crippen LogP contribution in [-0.4, -0.2) is 29.9 Å². The molecule has 0 aliphatic carbocycles. The maximum atomic E-state index is 12.2. The van der Waals surface area contributed by atoms with Crippen LogP contribution < -0.4 is 5.73 Å². The Morgan fingerprint density at radius 2 is 2.15 bits per heavy atom. The molecule has 1 heterocycles. The molecular weight excluding hydrogens is 316 g/mol. The Bertz CT molecular complexity index is 482. The van der Waals surface area contributed by atoms with Crippen LogP contribution in [0.25, 0.3) is 6.08 Å². The SMILES string of the molecule is CC(N)C1CCCN(C(=O)C=Cc2ccc(Br)cc2)C1. The van der Waals surface area contributed by atoms with Crippen LogP contribution >= 0.6 is 15.9 Å². The van der Waals surface area contributed by atoms with E-state index in [1.807, 2.05) is 42.2 Å². The average Bonchev–Trinajstić information content (AvgIpc) is 2.46. The average molecular weight is 337 g/mol. The highest BCUT2D eigenvalue weighted by Crippen LogP contribution is 2.19. The Hall–Kier alpha value is -1.13. The number of nitrogens with two attached hydrogens (primary N) is 1. The summed E-state index contributed by atoms with van der Waals surface area (Å²) >= 11 is 3.40. The number of amides is 1. The number of nitrogens with zero attached hydrogens (tertiary/aromatic N) is 1. The third kappa shape index (κ3) is 4.18. The van der Waals surface area contributed by atoms with E-state index in [1.165, 1.54) is 0 Å². The largest absolute Gasteiger partial charge is 0.339 e. The molecule has 1 fully saturated rings. The topological polar surface area (TPSA) is 46.3 Å². The van der Waals surface area contributed by atoms with Gasteiger partial charge in [-0.1, -0.05) is 28.1 Å². The van der Waals surface area contributed by atoms with Gasteiger partial charge in [0, 0.05) is 29.7 Å². The number of likely N-dealkylation sites (tertiary alicyclic amines) is 1. The fraction of sp³-hybridized carbons (Fsp3) is 0.438. The van der Waals surface area contributed by atoms with Crippen molar-refractivity contribution in [1.29, 1.82) is 0 Å². The molecule has 1 saturated heterocycles. The zero-order chi connectivity index (χ0) is 14.5. The van der Waals surface area contributed by atoms with E-state index in [-0.39, 0.29) is 11.9 Å². The van der Waals surface area contributed by atoms with Crippen molar-refractivity contribution in [3.8, 4) is 0 Å². The molecule has 0 saturated carbocycles. The summed E-state index contributed by atoms with van der Waals surface area (Å²) in [5, 5.41) is 0. The first-order valence-corrected chi connectivity index (χ1v) is 7.83. The van der Waals surface area contributed by atoms with E-state index in [9.17, 15) is 4.79 Å². The predicted molar refractivity (Wildman–Crippen MR) is 86.1 cm³/mol. The smallest absolute Gasteiger partial charge is 0.246 e. The highest BCUT2D eigenvalue weighted by Gasteiger charge is 2.24. The summed E-state index contributed by atoms with van der Waals surface area (Å²) in [4.78, 5) is 14.1. The molecular formula is C16H21BrN2O. The number of carbonyl (C=O) groups excluding carboxylic acids is 1. The van der Waals surface area contributed by atoms with Crippen molar-refractivity contribution in [1.82, 2.24) is 4.90 Å². The molecule has 20 heavy (non-hydrogen) atoms. The van der Waals surface area contributed by atoms with Crippen molar-refractivity contribution in [2.45, 2.75) is 25.8 Å². The second-order valence-corrected chi connectivity index (χ2v) is 6.35. The van der Waals surface area contributed by atoms with Gasteiger partial charge in [0.1, 0.15) is 0 Å². The molecule has 108 valence electrons. The van der Waals surface area contributed by atoms with Gasteiger partial charge in [-0.05, 0) is 49.5 Å². The van der Waals surface area contributed by atoms with Crippen LogP contribution in [0.3, 0.4) is 0 Å². The molecule has 3 nitrogen and oxygen atoms in total. The summed E-state index contributed by atoms with van der Waals surface area (Å²) in [5.74, 6) is 0.507. The summed E-state index contributed by atoms with van der Waals surface area (Å²) < 4.78 is 1.04. The molecule has 1 aromatic rings. The van der Waals surface area contributed by atoms with Gasteiger partial charge in [0.25, 0.3) is 0 Å². The molecule has 2 rings (SSSR count). The minimum Gasteiger partial charge on any atom is -0.339 e. The molecule has 0 radical (unpaired) electrons. The number of halogens is 1. The number of benzene rings is 1. The van der Waals surface area contributed by atoms with Gasteiger partial charge in [0.15, 0.2) is 0 Å². The molecule has 0 spiro atoms. The molecule has 2 unspecified atom stereocenters. The highest BCUT2D eigenvalue weighted by atomic mass is 79.9. The Balaban J connectivity index is 1.95. The Labute approximate surface area is 129 Å². The first-order chi connectivity index (χ1) is 9.56. The molecule has 2 N–H and O–H groups in total. The van der Waals surface area contributed by atoms with Crippen LogP contribution in [0.2, 0.25) is 0 Å². The van der Waals surface area contributed by atoms with Gasteiger partial charge in [-0.15, -0.1) is 0 Å². The molecule has 2 atom stereocenters. The third-order valence-electron chi connectivity index (χ3n) is 3.80. The summed E-state index contributed by atoms with van der Waals surface area (Å²) in [5.41, 5.74) is 6.98. The summed E-state index contributed by atoms with van der Waals surface area (Å²) in [6.07, 6.45) is 5.69. The summed E-state index contributed by atoms with van der Waals surface area (Å²) in [6.45, 7) is 3.64. The van der Waals surface area contributed by atoms with Gasteiger partial charge in [-0.3, -0.25) is 4.79 Å². The van der Waals surface area contributed by atoms with E-state index < -0.39 is 0 Å². The van der Waals surface area contributed by atoms with E-state index in [4.69, 9.17) is 5.73 Å². The summed E-state index contributed by atoms with van der Waals surface area (Å²) in [6, 6.07) is 8.05. The molecule has 1 aliphatic rings. The van der Waals surface area contributed by atoms with Gasteiger partial charge < -0.3 is 10.6 Å². The van der Waals surface area contributed by atoms with Gasteiger partial charge in [0.2, 0.25) is 5.91 Å². The molecule has 1 aliphatic heterocycles. The second-order valence-electron chi connectivity index (χ2n) is 5.43. The number of carbonyl (C=O) groups is 1. The molecule has 0 bridgehead atoms. The van der Waals surface area contributed by atoms with E-state index in [0.29, 0.717) is 5.92 Å². The number of hydrogen-bond acceptors (Lipinski definition) is 2. The van der Waals surface area contributed by atoms with Crippen molar-refractivity contribution < 1.29 is 4.79 Å². The molecule has 1 aromatic carbocycles. The minimum absolute atomic E-state index is 0.0817. The minimum atomic E-state index is 0.0817. The lowest BCUT2D eigenvalue weighted by atomic mass is 9.92. The fourth-order valence-corrected chi connectivity index (χ4v) is 2.75. The van der Waals surface area contributed by atoms with Gasteiger partial charge in [-0.2, -0.15) is 0 Å². The second kappa shape index (κ2) is 7.04. The quantitative estimate of drug-likeness (QED) is 0.862. The van der Waals surface area contributed by atoms with Crippen LogP contribution in [0, 0.1) is 5.92 Å². The first kappa shape index (κ1) is 15.3. The van der Waals surface area contributed by atoms with Crippen molar-refractivity contribution in [3.63, 3.8) is 0 Å². The van der Waals surface area contributed by atoms with Crippen LogP contribution in [0.4, 0.5) is 0 Å². The van der Waals surface area contributed by atoms with E-state index in [2.05, 4.69) is 15.9 Å². The molecule has 4 heteroatoms. The fourth-order valence-electron chi connectivity index (χ4n) is 2.49. The lowest BCUT2D eigenvalue weighted by Gasteiger charge is -2.34. The van der Waals surface area contributed by atoms with Crippen molar-refractivity contribution in [2.24, 2.45) is 11.7 Å². The molecule has 1 amide bonds. The number of piperidine rings is 1. The van der Waals surface area contributed by atoms with Crippen molar-refractivity contribution >= 4 is 27.9 Å². The van der Waals surface area contributed by atoms with E-state index in [0.717, 1.165) is 36.0 Å². The predicted octanol–water partition coefficient (Wildman–Crippen LogP) is 3.05. The van der Waals surface area contributed by atoms with E-state index in [1.54, 1.807) is 6.08 Å². The van der Waals surface area contributed by atoms with Gasteiger partial charge in [-0.25, -0.2) is 0 Å². The zero-order valence-corrected chi connectivity index (χ0v) is 13.3. The van der Waals surface area contributed by atoms with Crippen molar-refractivity contribution in [3.05, 3.63) is 40.4 Å². The van der Waals surface area contributed by atoms with Crippen LogP contribution in [0.15, 0.2) is 34.8 Å². The highest BCUT2D eigenvalue weighted by molar-refractivity contribution is 9.10. The number of hydrogen-bond donors (Lipinski definition) is 1. The van der Waals surface area contributed by atoms with Crippen LogP contribution in [0.5, 0.6) is 0 Å². The van der Waals surface area contributed by atoms with Gasteiger partial charge >= 0.3 is 0 Å². The zero-order valence-electron chi connectivity index (χ0n) is 11.8. The third-order valence-corrected chi connectivity index (χ3v) is 4.33. The molecule has 0 aromatic heterocycles. The summed E-state index contributed by atoms with van der Waals surface area (Å²) in [7, 11) is 0. The van der Waals surface area contributed by atoms with Crippen LogP contribution in [-0.2, 0) is 4.79 Å². The maximum absolute atomic E-state index is 12.2. The monoisotopic (exact) mass is 336 g/mol.